The number of amides is 3. The summed E-state index contributed by atoms with van der Waals surface area (Å²) < 4.78 is 42.7. The average molecular weight is 347 g/mol. The molecule has 0 saturated carbocycles. The Morgan fingerprint density at radius 2 is 1.71 bits per heavy atom. The lowest BCUT2D eigenvalue weighted by Gasteiger charge is -2.17. The van der Waals surface area contributed by atoms with Crippen LogP contribution in [0.3, 0.4) is 0 Å². The minimum Gasteiger partial charge on any atom is -0.453 e. The maximum Gasteiger partial charge on any atom is 0.418 e. The fraction of sp³-hybridized carbons (Fsp3) is 0.357. The molecule has 0 unspecified atom stereocenters. The second-order valence-corrected chi connectivity index (χ2v) is 4.80. The first-order chi connectivity index (χ1) is 11.1. The third kappa shape index (κ3) is 6.24. The van der Waals surface area contributed by atoms with E-state index in [1.807, 2.05) is 5.32 Å². The van der Waals surface area contributed by atoms with Crippen LogP contribution < -0.4 is 10.6 Å². The van der Waals surface area contributed by atoms with Gasteiger partial charge in [-0.2, -0.15) is 13.2 Å². The number of alkyl carbamates (subject to hydrolysis) is 1. The van der Waals surface area contributed by atoms with E-state index in [-0.39, 0.29) is 18.8 Å². The van der Waals surface area contributed by atoms with Crippen LogP contribution >= 0.6 is 0 Å². The Balaban J connectivity index is 2.61. The second kappa shape index (κ2) is 8.29. The van der Waals surface area contributed by atoms with Crippen LogP contribution in [0.2, 0.25) is 0 Å². The monoisotopic (exact) mass is 347 g/mol. The predicted molar refractivity (Wildman–Crippen MR) is 78.1 cm³/mol. The van der Waals surface area contributed by atoms with Crippen molar-refractivity contribution in [3.05, 3.63) is 29.8 Å². The van der Waals surface area contributed by atoms with Gasteiger partial charge in [-0.3, -0.25) is 19.8 Å². The molecule has 0 aliphatic rings. The minimum atomic E-state index is -4.60. The summed E-state index contributed by atoms with van der Waals surface area (Å²) in [6, 6.07) is 4.55. The highest BCUT2D eigenvalue weighted by Gasteiger charge is 2.33. The van der Waals surface area contributed by atoms with Crippen molar-refractivity contribution in [1.82, 2.24) is 10.2 Å². The molecule has 10 heteroatoms. The van der Waals surface area contributed by atoms with E-state index < -0.39 is 29.6 Å². The molecule has 0 aliphatic carbocycles. The fourth-order valence-electron chi connectivity index (χ4n) is 1.78. The number of alkyl halides is 3. The van der Waals surface area contributed by atoms with Gasteiger partial charge in [0.2, 0.25) is 11.8 Å². The van der Waals surface area contributed by atoms with Gasteiger partial charge in [-0.15, -0.1) is 0 Å². The Bertz CT molecular complexity index is 620. The molecule has 3 amide bonds. The van der Waals surface area contributed by atoms with Crippen molar-refractivity contribution < 1.29 is 32.3 Å². The van der Waals surface area contributed by atoms with Gasteiger partial charge in [-0.1, -0.05) is 12.1 Å². The largest absolute Gasteiger partial charge is 0.453 e. The van der Waals surface area contributed by atoms with Crippen molar-refractivity contribution in [2.24, 2.45) is 0 Å². The number of likely N-dealkylation sites (N-methyl/N-ethyl adjacent to an activating group) is 1. The van der Waals surface area contributed by atoms with Gasteiger partial charge in [0.15, 0.2) is 0 Å². The van der Waals surface area contributed by atoms with E-state index in [0.717, 1.165) is 19.2 Å². The number of benzene rings is 1. The molecule has 0 bridgehead atoms. The number of carbonyl (C=O) groups is 3. The van der Waals surface area contributed by atoms with Crippen LogP contribution in [0.4, 0.5) is 23.7 Å². The molecule has 0 radical (unpaired) electrons. The molecule has 0 heterocycles. The fourth-order valence-corrected chi connectivity index (χ4v) is 1.78. The van der Waals surface area contributed by atoms with E-state index in [1.54, 1.807) is 0 Å². The Morgan fingerprint density at radius 1 is 1.12 bits per heavy atom. The third-order valence-electron chi connectivity index (χ3n) is 2.76. The zero-order valence-electron chi connectivity index (χ0n) is 12.9. The van der Waals surface area contributed by atoms with Gasteiger partial charge in [-0.05, 0) is 19.2 Å². The number of ether oxygens (including phenoxy) is 1. The molecule has 1 aromatic carbocycles. The van der Waals surface area contributed by atoms with Crippen molar-refractivity contribution in [2.45, 2.75) is 6.18 Å². The standard InChI is InChI=1S/C14H16F3N3O4/c1-20(8-12(22)19-13(23)24-2)7-11(21)18-10-6-4-3-5-9(10)14(15,16)17/h3-6H,7-8H2,1-2H3,(H,18,21)(H,19,22,23). The number of nitrogens with one attached hydrogen (secondary N) is 2. The summed E-state index contributed by atoms with van der Waals surface area (Å²) in [7, 11) is 2.48. The number of nitrogens with zero attached hydrogens (tertiary/aromatic N) is 1. The quantitative estimate of drug-likeness (QED) is 0.842. The van der Waals surface area contributed by atoms with Gasteiger partial charge >= 0.3 is 12.3 Å². The first-order valence-electron chi connectivity index (χ1n) is 6.66. The Morgan fingerprint density at radius 3 is 2.29 bits per heavy atom. The van der Waals surface area contributed by atoms with E-state index in [4.69, 9.17) is 0 Å². The van der Waals surface area contributed by atoms with Gasteiger partial charge in [0.1, 0.15) is 0 Å². The first kappa shape index (κ1) is 19.4. The second-order valence-electron chi connectivity index (χ2n) is 4.80. The van der Waals surface area contributed by atoms with Crippen LogP contribution in [0.1, 0.15) is 5.56 Å². The predicted octanol–water partition coefficient (Wildman–Crippen LogP) is 1.46. The highest BCUT2D eigenvalue weighted by atomic mass is 19.4. The van der Waals surface area contributed by atoms with Gasteiger partial charge < -0.3 is 10.1 Å². The normalized spacial score (nSPS) is 11.1. The molecule has 132 valence electrons. The minimum absolute atomic E-state index is 0.316. The number of anilines is 1. The molecule has 0 saturated heterocycles. The lowest BCUT2D eigenvalue weighted by atomic mass is 10.1. The smallest absolute Gasteiger partial charge is 0.418 e. The van der Waals surface area contributed by atoms with Crippen molar-refractivity contribution in [3.63, 3.8) is 0 Å². The van der Waals surface area contributed by atoms with Gasteiger partial charge in [-0.25, -0.2) is 4.79 Å². The average Bonchev–Trinajstić information content (AvgIpc) is 2.45. The van der Waals surface area contributed by atoms with Crippen molar-refractivity contribution in [3.8, 4) is 0 Å². The van der Waals surface area contributed by atoms with Crippen LogP contribution in [0.15, 0.2) is 24.3 Å². The van der Waals surface area contributed by atoms with E-state index in [2.05, 4.69) is 10.1 Å². The summed E-state index contributed by atoms with van der Waals surface area (Å²) in [5.41, 5.74) is -1.34. The maximum atomic E-state index is 12.8. The zero-order valence-corrected chi connectivity index (χ0v) is 12.9. The van der Waals surface area contributed by atoms with Crippen molar-refractivity contribution >= 4 is 23.6 Å². The molecule has 2 N–H and O–H groups in total. The van der Waals surface area contributed by atoms with E-state index >= 15 is 0 Å². The van der Waals surface area contributed by atoms with Gasteiger partial charge in [0.05, 0.1) is 31.5 Å². The topological polar surface area (TPSA) is 87.7 Å². The lowest BCUT2D eigenvalue weighted by Crippen LogP contribution is -2.41. The molecular formula is C14H16F3N3O4. The Kier molecular flexibility index (Phi) is 6.71. The molecule has 1 aromatic rings. The summed E-state index contributed by atoms with van der Waals surface area (Å²) in [5, 5.41) is 4.04. The van der Waals surface area contributed by atoms with Gasteiger partial charge in [0, 0.05) is 0 Å². The summed E-state index contributed by atoms with van der Waals surface area (Å²) in [5.74, 6) is -1.45. The van der Waals surface area contributed by atoms with Gasteiger partial charge in [0.25, 0.3) is 0 Å². The molecule has 0 atom stereocenters. The lowest BCUT2D eigenvalue weighted by molar-refractivity contribution is -0.137. The number of rotatable bonds is 5. The van der Waals surface area contributed by atoms with E-state index in [9.17, 15) is 27.6 Å². The molecule has 1 rings (SSSR count). The Hall–Kier alpha value is -2.62. The first-order valence-corrected chi connectivity index (χ1v) is 6.66. The van der Waals surface area contributed by atoms with Crippen LogP contribution in [0.5, 0.6) is 0 Å². The number of hydrogen-bond donors (Lipinski definition) is 2. The maximum absolute atomic E-state index is 12.8. The van der Waals surface area contributed by atoms with Crippen LogP contribution in [-0.2, 0) is 20.5 Å². The number of methoxy groups -OCH3 is 1. The number of para-hydroxylation sites is 1. The molecule has 0 spiro atoms. The molecule has 0 fully saturated rings. The molecule has 0 aliphatic heterocycles. The summed E-state index contributed by atoms with van der Waals surface area (Å²) in [6.07, 6.45) is -5.55. The number of imide groups is 1. The summed E-state index contributed by atoms with van der Waals surface area (Å²) >= 11 is 0. The van der Waals surface area contributed by atoms with E-state index in [0.29, 0.717) is 0 Å². The Labute approximate surface area is 135 Å². The zero-order chi connectivity index (χ0) is 18.3. The molecule has 24 heavy (non-hydrogen) atoms. The number of carbonyl (C=O) groups excluding carboxylic acids is 3. The molecule has 0 aromatic heterocycles. The van der Waals surface area contributed by atoms with Crippen molar-refractivity contribution in [1.29, 1.82) is 0 Å². The molecule has 7 nitrogen and oxygen atoms in total. The van der Waals surface area contributed by atoms with E-state index in [1.165, 1.54) is 24.1 Å². The number of hydrogen-bond acceptors (Lipinski definition) is 5. The van der Waals surface area contributed by atoms with Crippen LogP contribution in [-0.4, -0.2) is 50.1 Å². The summed E-state index contributed by atoms with van der Waals surface area (Å²) in [6.45, 7) is -0.662. The van der Waals surface area contributed by atoms with Crippen LogP contribution in [0, 0.1) is 0 Å². The summed E-state index contributed by atoms with van der Waals surface area (Å²) in [4.78, 5) is 35.3. The molecular weight excluding hydrogens is 331 g/mol. The van der Waals surface area contributed by atoms with Crippen LogP contribution in [0.25, 0.3) is 0 Å². The third-order valence-corrected chi connectivity index (χ3v) is 2.76. The highest BCUT2D eigenvalue weighted by molar-refractivity contribution is 5.95. The SMILES string of the molecule is COC(=O)NC(=O)CN(C)CC(=O)Nc1ccccc1C(F)(F)F. The number of halogens is 3. The van der Waals surface area contributed by atoms with Crippen molar-refractivity contribution in [2.75, 3.05) is 32.6 Å². The highest BCUT2D eigenvalue weighted by Crippen LogP contribution is 2.34.